The van der Waals surface area contributed by atoms with Crippen LogP contribution in [-0.4, -0.2) is 30.2 Å². The number of fused-ring (bicyclic) bond motifs is 1. The van der Waals surface area contributed by atoms with Crippen LogP contribution >= 0.6 is 0 Å². The predicted octanol–water partition coefficient (Wildman–Crippen LogP) is 1.63. The highest BCUT2D eigenvalue weighted by Crippen LogP contribution is 2.33. The molecule has 0 spiro atoms. The van der Waals surface area contributed by atoms with E-state index in [0.717, 1.165) is 28.6 Å². The molecule has 1 aromatic heterocycles. The van der Waals surface area contributed by atoms with Crippen molar-refractivity contribution in [3.8, 4) is 22.8 Å². The SMILES string of the molecule is CNCc1nccc(-c2ccc3c(c2)OCCO3)n1. The molecule has 0 fully saturated rings. The fourth-order valence-electron chi connectivity index (χ4n) is 2.01. The Morgan fingerprint density at radius 1 is 1.16 bits per heavy atom. The van der Waals surface area contributed by atoms with Crippen molar-refractivity contribution in [3.63, 3.8) is 0 Å². The maximum atomic E-state index is 5.58. The summed E-state index contributed by atoms with van der Waals surface area (Å²) >= 11 is 0. The van der Waals surface area contributed by atoms with E-state index < -0.39 is 0 Å². The molecule has 0 aliphatic carbocycles. The van der Waals surface area contributed by atoms with Gasteiger partial charge in [-0.1, -0.05) is 0 Å². The Hall–Kier alpha value is -2.14. The quantitative estimate of drug-likeness (QED) is 0.905. The number of aromatic nitrogens is 2. The highest BCUT2D eigenvalue weighted by molar-refractivity contribution is 5.63. The zero-order valence-electron chi connectivity index (χ0n) is 10.7. The number of rotatable bonds is 3. The molecule has 1 aromatic carbocycles. The van der Waals surface area contributed by atoms with Gasteiger partial charge in [0.1, 0.15) is 19.0 Å². The van der Waals surface area contributed by atoms with E-state index >= 15 is 0 Å². The molecule has 0 radical (unpaired) electrons. The summed E-state index contributed by atoms with van der Waals surface area (Å²) in [6.07, 6.45) is 1.77. The zero-order valence-corrected chi connectivity index (χ0v) is 10.7. The molecule has 5 heteroatoms. The Morgan fingerprint density at radius 3 is 2.84 bits per heavy atom. The summed E-state index contributed by atoms with van der Waals surface area (Å²) < 4.78 is 11.1. The van der Waals surface area contributed by atoms with E-state index in [1.165, 1.54) is 0 Å². The number of benzene rings is 1. The van der Waals surface area contributed by atoms with Crippen LogP contribution in [0.15, 0.2) is 30.5 Å². The number of hydrogen-bond acceptors (Lipinski definition) is 5. The lowest BCUT2D eigenvalue weighted by Crippen LogP contribution is -2.15. The van der Waals surface area contributed by atoms with Crippen LogP contribution in [0.4, 0.5) is 0 Å². The first-order valence-corrected chi connectivity index (χ1v) is 6.23. The maximum Gasteiger partial charge on any atom is 0.162 e. The van der Waals surface area contributed by atoms with Crippen LogP contribution in [0, 0.1) is 0 Å². The van der Waals surface area contributed by atoms with Gasteiger partial charge in [-0.3, -0.25) is 0 Å². The molecular weight excluding hydrogens is 242 g/mol. The first-order valence-electron chi connectivity index (χ1n) is 6.23. The van der Waals surface area contributed by atoms with E-state index in [2.05, 4.69) is 15.3 Å². The van der Waals surface area contributed by atoms with Gasteiger partial charge in [-0.25, -0.2) is 9.97 Å². The third-order valence-electron chi connectivity index (χ3n) is 2.88. The molecule has 1 aliphatic rings. The van der Waals surface area contributed by atoms with Gasteiger partial charge >= 0.3 is 0 Å². The molecule has 1 aliphatic heterocycles. The normalized spacial score (nSPS) is 13.3. The Kier molecular flexibility index (Phi) is 3.29. The van der Waals surface area contributed by atoms with Crippen LogP contribution in [0.3, 0.4) is 0 Å². The lowest BCUT2D eigenvalue weighted by atomic mass is 10.1. The molecule has 19 heavy (non-hydrogen) atoms. The van der Waals surface area contributed by atoms with Crippen LogP contribution < -0.4 is 14.8 Å². The molecule has 98 valence electrons. The molecule has 2 aromatic rings. The molecule has 0 amide bonds. The average molecular weight is 257 g/mol. The standard InChI is InChI=1S/C14H15N3O2/c1-15-9-14-16-5-4-11(17-14)10-2-3-12-13(8-10)19-7-6-18-12/h2-5,8,15H,6-7,9H2,1H3. The number of nitrogens with one attached hydrogen (secondary N) is 1. The first-order chi connectivity index (χ1) is 9.36. The maximum absolute atomic E-state index is 5.58. The Morgan fingerprint density at radius 2 is 2.00 bits per heavy atom. The molecule has 2 heterocycles. The van der Waals surface area contributed by atoms with E-state index in [-0.39, 0.29) is 0 Å². The second kappa shape index (κ2) is 5.24. The third kappa shape index (κ3) is 2.51. The van der Waals surface area contributed by atoms with Gasteiger partial charge in [-0.05, 0) is 31.3 Å². The molecule has 0 bridgehead atoms. The number of nitrogens with zero attached hydrogens (tertiary/aromatic N) is 2. The molecule has 0 saturated heterocycles. The highest BCUT2D eigenvalue weighted by Gasteiger charge is 2.13. The van der Waals surface area contributed by atoms with Crippen molar-refractivity contribution >= 4 is 0 Å². The van der Waals surface area contributed by atoms with E-state index in [1.54, 1.807) is 6.20 Å². The minimum Gasteiger partial charge on any atom is -0.486 e. The smallest absolute Gasteiger partial charge is 0.162 e. The molecule has 0 unspecified atom stereocenters. The van der Waals surface area contributed by atoms with Crippen molar-refractivity contribution in [2.24, 2.45) is 0 Å². The fourth-order valence-corrected chi connectivity index (χ4v) is 2.01. The Labute approximate surface area is 111 Å². The summed E-state index contributed by atoms with van der Waals surface area (Å²) in [5.41, 5.74) is 1.89. The summed E-state index contributed by atoms with van der Waals surface area (Å²) in [6, 6.07) is 7.76. The van der Waals surface area contributed by atoms with Gasteiger partial charge in [0.15, 0.2) is 11.5 Å². The minimum atomic E-state index is 0.589. The average Bonchev–Trinajstić information content (AvgIpc) is 2.47. The van der Waals surface area contributed by atoms with Crippen LogP contribution in [0.5, 0.6) is 11.5 Å². The molecule has 3 rings (SSSR count). The second-order valence-electron chi connectivity index (χ2n) is 4.25. The van der Waals surface area contributed by atoms with Crippen LogP contribution in [0.25, 0.3) is 11.3 Å². The van der Waals surface area contributed by atoms with Crippen molar-refractivity contribution in [3.05, 3.63) is 36.3 Å². The molecule has 1 N–H and O–H groups in total. The molecule has 5 nitrogen and oxygen atoms in total. The lowest BCUT2D eigenvalue weighted by molar-refractivity contribution is 0.171. The largest absolute Gasteiger partial charge is 0.486 e. The van der Waals surface area contributed by atoms with E-state index in [9.17, 15) is 0 Å². The zero-order chi connectivity index (χ0) is 13.1. The minimum absolute atomic E-state index is 0.589. The Balaban J connectivity index is 1.95. The third-order valence-corrected chi connectivity index (χ3v) is 2.88. The Bertz CT molecular complexity index is 587. The highest BCUT2D eigenvalue weighted by atomic mass is 16.6. The lowest BCUT2D eigenvalue weighted by Gasteiger charge is -2.18. The van der Waals surface area contributed by atoms with Crippen molar-refractivity contribution < 1.29 is 9.47 Å². The van der Waals surface area contributed by atoms with Gasteiger partial charge in [-0.2, -0.15) is 0 Å². The van der Waals surface area contributed by atoms with Gasteiger partial charge in [0, 0.05) is 11.8 Å². The molecular formula is C14H15N3O2. The van der Waals surface area contributed by atoms with Crippen LogP contribution in [-0.2, 0) is 6.54 Å². The second-order valence-corrected chi connectivity index (χ2v) is 4.25. The molecule has 0 saturated carbocycles. The summed E-state index contributed by atoms with van der Waals surface area (Å²) in [5, 5.41) is 3.04. The summed E-state index contributed by atoms with van der Waals surface area (Å²) in [6.45, 7) is 1.84. The van der Waals surface area contributed by atoms with Crippen molar-refractivity contribution in [2.75, 3.05) is 20.3 Å². The monoisotopic (exact) mass is 257 g/mol. The summed E-state index contributed by atoms with van der Waals surface area (Å²) in [5.74, 6) is 2.34. The van der Waals surface area contributed by atoms with E-state index in [1.807, 2.05) is 31.3 Å². The van der Waals surface area contributed by atoms with Crippen molar-refractivity contribution in [2.45, 2.75) is 6.54 Å². The number of hydrogen-bond donors (Lipinski definition) is 1. The van der Waals surface area contributed by atoms with E-state index in [0.29, 0.717) is 19.8 Å². The fraction of sp³-hybridized carbons (Fsp3) is 0.286. The van der Waals surface area contributed by atoms with Gasteiger partial charge < -0.3 is 14.8 Å². The van der Waals surface area contributed by atoms with Crippen molar-refractivity contribution in [1.29, 1.82) is 0 Å². The van der Waals surface area contributed by atoms with Crippen LogP contribution in [0.2, 0.25) is 0 Å². The van der Waals surface area contributed by atoms with Crippen LogP contribution in [0.1, 0.15) is 5.82 Å². The predicted molar refractivity (Wildman–Crippen MR) is 71.2 cm³/mol. The van der Waals surface area contributed by atoms with E-state index in [4.69, 9.17) is 9.47 Å². The van der Waals surface area contributed by atoms with Gasteiger partial charge in [0.05, 0.1) is 12.2 Å². The summed E-state index contributed by atoms with van der Waals surface area (Å²) in [4.78, 5) is 8.72. The van der Waals surface area contributed by atoms with Gasteiger partial charge in [-0.15, -0.1) is 0 Å². The van der Waals surface area contributed by atoms with Gasteiger partial charge in [0.2, 0.25) is 0 Å². The topological polar surface area (TPSA) is 56.3 Å². The molecule has 0 atom stereocenters. The number of ether oxygens (including phenoxy) is 2. The first kappa shape index (κ1) is 11.9. The van der Waals surface area contributed by atoms with Crippen molar-refractivity contribution in [1.82, 2.24) is 15.3 Å². The van der Waals surface area contributed by atoms with Gasteiger partial charge in [0.25, 0.3) is 0 Å². The summed E-state index contributed by atoms with van der Waals surface area (Å²) in [7, 11) is 1.88.